The maximum absolute atomic E-state index is 11.2. The fourth-order valence-electron chi connectivity index (χ4n) is 3.12. The first-order chi connectivity index (χ1) is 13.3. The van der Waals surface area contributed by atoms with E-state index in [-0.39, 0.29) is 19.6 Å². The second-order valence-electron chi connectivity index (χ2n) is 6.93. The van der Waals surface area contributed by atoms with Gasteiger partial charge in [-0.15, -0.1) is 6.58 Å². The minimum absolute atomic E-state index is 0.0959. The Kier molecular flexibility index (Phi) is 11.3. The van der Waals surface area contributed by atoms with Crippen LogP contribution >= 0.6 is 0 Å². The molecule has 1 heterocycles. The lowest BCUT2D eigenvalue weighted by Crippen LogP contribution is -2.48. The summed E-state index contributed by atoms with van der Waals surface area (Å²) in [5, 5.41) is 27.4. The molecule has 1 fully saturated rings. The molecule has 0 aromatic carbocycles. The normalized spacial score (nSPS) is 19.4. The molecule has 0 unspecified atom stereocenters. The Balaban J connectivity index is 2.87. The number of carbonyl (C=O) groups is 3. The molecule has 0 aliphatic carbocycles. The highest BCUT2D eigenvalue weighted by molar-refractivity contribution is 5.69. The Morgan fingerprint density at radius 2 is 0.929 bits per heavy atom. The van der Waals surface area contributed by atoms with E-state index in [1.807, 2.05) is 15.9 Å². The zero-order valence-electron chi connectivity index (χ0n) is 16.3. The van der Waals surface area contributed by atoms with E-state index in [2.05, 4.69) is 11.5 Å². The van der Waals surface area contributed by atoms with Crippen molar-refractivity contribution in [2.75, 3.05) is 78.5 Å². The van der Waals surface area contributed by atoms with Crippen molar-refractivity contribution >= 4 is 17.9 Å². The molecule has 0 aromatic rings. The summed E-state index contributed by atoms with van der Waals surface area (Å²) in [5.74, 6) is -2.79. The predicted molar refractivity (Wildman–Crippen MR) is 103 cm³/mol. The molecule has 0 aromatic heterocycles. The molecule has 0 spiro atoms. The van der Waals surface area contributed by atoms with Gasteiger partial charge in [0.1, 0.15) is 0 Å². The molecule has 160 valence electrons. The molecule has 1 aliphatic heterocycles. The Morgan fingerprint density at radius 1 is 0.643 bits per heavy atom. The summed E-state index contributed by atoms with van der Waals surface area (Å²) in [5.41, 5.74) is 0. The summed E-state index contributed by atoms with van der Waals surface area (Å²) in [4.78, 5) is 41.0. The van der Waals surface area contributed by atoms with Gasteiger partial charge in [0.15, 0.2) is 0 Å². The molecule has 1 rings (SSSR count). The molecule has 10 nitrogen and oxygen atoms in total. The average Bonchev–Trinajstić information content (AvgIpc) is 2.59. The van der Waals surface area contributed by atoms with Crippen molar-refractivity contribution < 1.29 is 29.7 Å². The van der Waals surface area contributed by atoms with Crippen molar-refractivity contribution in [3.05, 3.63) is 12.7 Å². The Bertz CT molecular complexity index is 498. The van der Waals surface area contributed by atoms with Crippen LogP contribution in [0.4, 0.5) is 0 Å². The molecular weight excluding hydrogens is 368 g/mol. The molecule has 0 atom stereocenters. The van der Waals surface area contributed by atoms with E-state index < -0.39 is 17.9 Å². The van der Waals surface area contributed by atoms with Crippen molar-refractivity contribution in [1.82, 2.24) is 19.6 Å². The van der Waals surface area contributed by atoms with E-state index in [0.717, 1.165) is 13.0 Å². The van der Waals surface area contributed by atoms with Gasteiger partial charge in [-0.1, -0.05) is 6.08 Å². The van der Waals surface area contributed by atoms with E-state index in [1.54, 1.807) is 4.90 Å². The second kappa shape index (κ2) is 13.2. The third kappa shape index (κ3) is 11.0. The lowest BCUT2D eigenvalue weighted by atomic mass is 10.3. The number of hydrogen-bond acceptors (Lipinski definition) is 7. The molecule has 1 aliphatic rings. The van der Waals surface area contributed by atoms with E-state index in [9.17, 15) is 14.4 Å². The number of carboxylic acids is 3. The second-order valence-corrected chi connectivity index (χ2v) is 6.93. The summed E-state index contributed by atoms with van der Waals surface area (Å²) in [6.07, 6.45) is 2.62. The fraction of sp³-hybridized carbons (Fsp3) is 0.722. The molecule has 0 amide bonds. The van der Waals surface area contributed by atoms with E-state index in [0.29, 0.717) is 52.4 Å². The summed E-state index contributed by atoms with van der Waals surface area (Å²) < 4.78 is 0. The third-order valence-electron chi connectivity index (χ3n) is 4.66. The van der Waals surface area contributed by atoms with Gasteiger partial charge in [0.2, 0.25) is 0 Å². The average molecular weight is 400 g/mol. The minimum Gasteiger partial charge on any atom is -0.480 e. The van der Waals surface area contributed by atoms with Gasteiger partial charge in [0, 0.05) is 58.9 Å². The standard InChI is InChI=1S/C18H32N4O6/c1-2-3-4-19-5-7-20(13-16(23)24)9-11-22(15-18(27)28)12-10-21(8-6-19)14-17(25)26/h2H,1,3-15H2,(H,23,24)(H,25,26)(H,27,28). The van der Waals surface area contributed by atoms with E-state index in [4.69, 9.17) is 15.3 Å². The Hall–Kier alpha value is -2.01. The van der Waals surface area contributed by atoms with Crippen LogP contribution in [0.1, 0.15) is 6.42 Å². The highest BCUT2D eigenvalue weighted by atomic mass is 16.4. The topological polar surface area (TPSA) is 125 Å². The zero-order chi connectivity index (χ0) is 20.9. The highest BCUT2D eigenvalue weighted by Gasteiger charge is 2.19. The molecule has 0 saturated carbocycles. The van der Waals surface area contributed by atoms with E-state index in [1.165, 1.54) is 0 Å². The van der Waals surface area contributed by atoms with Crippen LogP contribution in [0.3, 0.4) is 0 Å². The first-order valence-corrected chi connectivity index (χ1v) is 9.46. The number of rotatable bonds is 9. The zero-order valence-corrected chi connectivity index (χ0v) is 16.3. The molecule has 10 heteroatoms. The largest absolute Gasteiger partial charge is 0.480 e. The van der Waals surface area contributed by atoms with Crippen LogP contribution in [0.2, 0.25) is 0 Å². The smallest absolute Gasteiger partial charge is 0.317 e. The van der Waals surface area contributed by atoms with Gasteiger partial charge in [-0.3, -0.25) is 29.1 Å². The van der Waals surface area contributed by atoms with Gasteiger partial charge in [0.05, 0.1) is 19.6 Å². The van der Waals surface area contributed by atoms with Crippen molar-refractivity contribution in [3.8, 4) is 0 Å². The van der Waals surface area contributed by atoms with Crippen molar-refractivity contribution in [1.29, 1.82) is 0 Å². The minimum atomic E-state index is -0.961. The maximum atomic E-state index is 11.2. The quantitative estimate of drug-likeness (QED) is 0.417. The first-order valence-electron chi connectivity index (χ1n) is 9.46. The predicted octanol–water partition coefficient (Wildman–Crippen LogP) is -0.962. The van der Waals surface area contributed by atoms with Gasteiger partial charge < -0.3 is 20.2 Å². The lowest BCUT2D eigenvalue weighted by Gasteiger charge is -2.33. The number of hydrogen-bond donors (Lipinski definition) is 3. The van der Waals surface area contributed by atoms with Crippen LogP contribution in [0.5, 0.6) is 0 Å². The van der Waals surface area contributed by atoms with Crippen molar-refractivity contribution in [2.45, 2.75) is 6.42 Å². The fourth-order valence-corrected chi connectivity index (χ4v) is 3.12. The number of aliphatic carboxylic acids is 3. The van der Waals surface area contributed by atoms with Crippen molar-refractivity contribution in [2.24, 2.45) is 0 Å². The van der Waals surface area contributed by atoms with Crippen LogP contribution < -0.4 is 0 Å². The maximum Gasteiger partial charge on any atom is 0.317 e. The molecule has 3 N–H and O–H groups in total. The van der Waals surface area contributed by atoms with Gasteiger partial charge in [-0.25, -0.2) is 0 Å². The summed E-state index contributed by atoms with van der Waals surface area (Å²) in [7, 11) is 0. The molecular formula is C18H32N4O6. The SMILES string of the molecule is C=CCCN1CCN(CC(=O)O)CCN(CC(=O)O)CCN(CC(=O)O)CC1. The summed E-state index contributed by atoms with van der Waals surface area (Å²) >= 11 is 0. The van der Waals surface area contributed by atoms with Crippen molar-refractivity contribution in [3.63, 3.8) is 0 Å². The van der Waals surface area contributed by atoms with Gasteiger partial charge in [-0.05, 0) is 6.42 Å². The van der Waals surface area contributed by atoms with Crippen LogP contribution in [0.15, 0.2) is 12.7 Å². The number of carboxylic acid groups (broad SMARTS) is 3. The van der Waals surface area contributed by atoms with E-state index >= 15 is 0 Å². The lowest BCUT2D eigenvalue weighted by molar-refractivity contribution is -0.140. The molecule has 1 saturated heterocycles. The van der Waals surface area contributed by atoms with Gasteiger partial charge in [-0.2, -0.15) is 0 Å². The van der Waals surface area contributed by atoms with Gasteiger partial charge >= 0.3 is 17.9 Å². The molecule has 28 heavy (non-hydrogen) atoms. The highest BCUT2D eigenvalue weighted by Crippen LogP contribution is 2.02. The monoisotopic (exact) mass is 400 g/mol. The van der Waals surface area contributed by atoms with Crippen LogP contribution in [-0.4, -0.2) is 131 Å². The molecule has 0 radical (unpaired) electrons. The summed E-state index contributed by atoms with van der Waals surface area (Å²) in [6.45, 7) is 8.25. The Labute approximate surface area is 165 Å². The Morgan fingerprint density at radius 3 is 1.18 bits per heavy atom. The van der Waals surface area contributed by atoms with Crippen LogP contribution in [0, 0.1) is 0 Å². The van der Waals surface area contributed by atoms with Crippen LogP contribution in [-0.2, 0) is 14.4 Å². The van der Waals surface area contributed by atoms with Gasteiger partial charge in [0.25, 0.3) is 0 Å². The van der Waals surface area contributed by atoms with Crippen LogP contribution in [0.25, 0.3) is 0 Å². The molecule has 0 bridgehead atoms. The third-order valence-corrected chi connectivity index (χ3v) is 4.66. The summed E-state index contributed by atoms with van der Waals surface area (Å²) in [6, 6.07) is 0. The first kappa shape index (κ1) is 24.0. The number of nitrogens with zero attached hydrogens (tertiary/aromatic N) is 4.